The van der Waals surface area contributed by atoms with Gasteiger partial charge in [0.2, 0.25) is 0 Å². The van der Waals surface area contributed by atoms with Gasteiger partial charge in [0, 0.05) is 6.07 Å². The molecule has 0 aliphatic carbocycles. The predicted molar refractivity (Wildman–Crippen MR) is 91.6 cm³/mol. The number of rotatable bonds is 5. The smallest absolute Gasteiger partial charge is 0.266 e. The number of amides is 1. The summed E-state index contributed by atoms with van der Waals surface area (Å²) in [5.41, 5.74) is 2.12. The third kappa shape index (κ3) is 3.79. The van der Waals surface area contributed by atoms with E-state index in [1.165, 1.54) is 23.7 Å². The number of anilines is 1. The zero-order chi connectivity index (χ0) is 17.8. The van der Waals surface area contributed by atoms with Gasteiger partial charge in [0.05, 0.1) is 0 Å². The van der Waals surface area contributed by atoms with Crippen molar-refractivity contribution < 1.29 is 9.53 Å². The Balaban J connectivity index is 1.69. The molecule has 25 heavy (non-hydrogen) atoms. The number of carbonyl (C=O) groups excluding carboxylic acids is 1. The Morgan fingerprint density at radius 1 is 1.24 bits per heavy atom. The molecule has 1 amide bonds. The maximum Gasteiger partial charge on any atom is 0.266 e. The molecule has 128 valence electrons. The lowest BCUT2D eigenvalue weighted by Gasteiger charge is -2.17. The highest BCUT2D eigenvalue weighted by atomic mass is 16.5. The number of nitrogens with zero attached hydrogens (tertiary/aromatic N) is 5. The van der Waals surface area contributed by atoms with Crippen LogP contribution in [0.3, 0.4) is 0 Å². The molecule has 3 rings (SSSR count). The van der Waals surface area contributed by atoms with Crippen molar-refractivity contribution in [3.05, 3.63) is 54.4 Å². The Kier molecular flexibility index (Phi) is 4.69. The zero-order valence-corrected chi connectivity index (χ0v) is 14.2. The highest BCUT2D eigenvalue weighted by Gasteiger charge is 2.17. The van der Waals surface area contributed by atoms with Gasteiger partial charge in [-0.1, -0.05) is 12.1 Å². The van der Waals surface area contributed by atoms with Crippen LogP contribution in [0.25, 0.3) is 5.82 Å². The number of hydrogen-bond donors (Lipinski definition) is 1. The molecule has 0 aliphatic rings. The van der Waals surface area contributed by atoms with Gasteiger partial charge in [0.15, 0.2) is 11.9 Å². The Morgan fingerprint density at radius 2 is 2.08 bits per heavy atom. The maximum absolute atomic E-state index is 12.4. The van der Waals surface area contributed by atoms with Crippen LogP contribution in [0.15, 0.2) is 43.2 Å². The summed E-state index contributed by atoms with van der Waals surface area (Å²) in [7, 11) is 0. The first-order valence-corrected chi connectivity index (χ1v) is 7.75. The molecule has 0 saturated heterocycles. The van der Waals surface area contributed by atoms with Crippen molar-refractivity contribution in [1.29, 1.82) is 0 Å². The fourth-order valence-electron chi connectivity index (χ4n) is 2.19. The predicted octanol–water partition coefficient (Wildman–Crippen LogP) is 2.08. The molecule has 0 saturated carbocycles. The molecule has 8 heteroatoms. The first-order chi connectivity index (χ1) is 12.0. The highest BCUT2D eigenvalue weighted by molar-refractivity contribution is 5.93. The van der Waals surface area contributed by atoms with E-state index in [0.717, 1.165) is 11.1 Å². The second kappa shape index (κ2) is 7.08. The lowest BCUT2D eigenvalue weighted by Crippen LogP contribution is -2.30. The molecule has 0 radical (unpaired) electrons. The van der Waals surface area contributed by atoms with E-state index in [4.69, 9.17) is 4.74 Å². The maximum atomic E-state index is 12.4. The number of aryl methyl sites for hydroxylation is 1. The van der Waals surface area contributed by atoms with E-state index in [9.17, 15) is 4.79 Å². The fourth-order valence-corrected chi connectivity index (χ4v) is 2.19. The molecule has 8 nitrogen and oxygen atoms in total. The molecular weight excluding hydrogens is 320 g/mol. The van der Waals surface area contributed by atoms with E-state index < -0.39 is 6.10 Å². The minimum absolute atomic E-state index is 0.302. The fraction of sp³-hybridized carbons (Fsp3) is 0.235. The standard InChI is InChI=1S/C17H18N6O2/c1-11-5-4-6-14(12(11)2)25-13(3)17(24)22-15-7-16(20-9-19-15)23-10-18-8-21-23/h4-10,13H,1-3H3,(H,19,20,22,24)/t13-/m0/s1. The molecule has 0 spiro atoms. The van der Waals surface area contributed by atoms with Gasteiger partial charge in [-0.2, -0.15) is 5.10 Å². The van der Waals surface area contributed by atoms with E-state index in [1.807, 2.05) is 32.0 Å². The van der Waals surface area contributed by atoms with Gasteiger partial charge in [-0.3, -0.25) is 4.79 Å². The van der Waals surface area contributed by atoms with Crippen LogP contribution in [0.4, 0.5) is 5.82 Å². The topological polar surface area (TPSA) is 94.8 Å². The summed E-state index contributed by atoms with van der Waals surface area (Å²) in [5, 5.41) is 6.72. The van der Waals surface area contributed by atoms with E-state index in [2.05, 4.69) is 25.4 Å². The quantitative estimate of drug-likeness (QED) is 0.765. The minimum atomic E-state index is -0.676. The third-order valence-electron chi connectivity index (χ3n) is 3.79. The van der Waals surface area contributed by atoms with Gasteiger partial charge >= 0.3 is 0 Å². The molecule has 0 bridgehead atoms. The number of aromatic nitrogens is 5. The average Bonchev–Trinajstić information content (AvgIpc) is 3.14. The molecule has 2 heterocycles. The lowest BCUT2D eigenvalue weighted by atomic mass is 10.1. The summed E-state index contributed by atoms with van der Waals surface area (Å²) in [6.07, 6.45) is 3.59. The second-order valence-corrected chi connectivity index (χ2v) is 5.55. The van der Waals surface area contributed by atoms with Gasteiger partial charge in [-0.05, 0) is 38.0 Å². The van der Waals surface area contributed by atoms with Crippen LogP contribution in [0, 0.1) is 13.8 Å². The monoisotopic (exact) mass is 338 g/mol. The molecule has 0 aliphatic heterocycles. The molecule has 1 N–H and O–H groups in total. The van der Waals surface area contributed by atoms with Crippen molar-refractivity contribution in [2.45, 2.75) is 26.9 Å². The van der Waals surface area contributed by atoms with Crippen molar-refractivity contribution in [3.63, 3.8) is 0 Å². The molecule has 1 atom stereocenters. The van der Waals surface area contributed by atoms with Crippen LogP contribution in [0.5, 0.6) is 5.75 Å². The van der Waals surface area contributed by atoms with Crippen LogP contribution in [0.2, 0.25) is 0 Å². The molecule has 1 aromatic carbocycles. The molecule has 0 unspecified atom stereocenters. The first-order valence-electron chi connectivity index (χ1n) is 7.75. The summed E-state index contributed by atoms with van der Waals surface area (Å²) in [6, 6.07) is 7.35. The number of nitrogens with one attached hydrogen (secondary N) is 1. The van der Waals surface area contributed by atoms with Crippen LogP contribution in [-0.2, 0) is 4.79 Å². The molecular formula is C17H18N6O2. The van der Waals surface area contributed by atoms with Crippen molar-refractivity contribution in [2.24, 2.45) is 0 Å². The summed E-state index contributed by atoms with van der Waals surface area (Å²) >= 11 is 0. The van der Waals surface area contributed by atoms with E-state index in [0.29, 0.717) is 17.4 Å². The lowest BCUT2D eigenvalue weighted by molar-refractivity contribution is -0.122. The van der Waals surface area contributed by atoms with Crippen molar-refractivity contribution in [3.8, 4) is 11.6 Å². The second-order valence-electron chi connectivity index (χ2n) is 5.55. The Bertz CT molecular complexity index is 879. The summed E-state index contributed by atoms with van der Waals surface area (Å²) in [6.45, 7) is 5.65. The van der Waals surface area contributed by atoms with Gasteiger partial charge in [0.1, 0.15) is 30.5 Å². The van der Waals surface area contributed by atoms with Crippen LogP contribution in [0.1, 0.15) is 18.1 Å². The van der Waals surface area contributed by atoms with Gasteiger partial charge < -0.3 is 10.1 Å². The van der Waals surface area contributed by atoms with Crippen LogP contribution in [-0.4, -0.2) is 36.7 Å². The van der Waals surface area contributed by atoms with Crippen LogP contribution >= 0.6 is 0 Å². The summed E-state index contributed by atoms with van der Waals surface area (Å²) in [4.78, 5) is 24.4. The van der Waals surface area contributed by atoms with E-state index in [1.54, 1.807) is 13.0 Å². The largest absolute Gasteiger partial charge is 0.481 e. The van der Waals surface area contributed by atoms with Gasteiger partial charge in [-0.15, -0.1) is 0 Å². The normalized spacial score (nSPS) is 11.8. The highest BCUT2D eigenvalue weighted by Crippen LogP contribution is 2.22. The Morgan fingerprint density at radius 3 is 2.84 bits per heavy atom. The van der Waals surface area contributed by atoms with Crippen LogP contribution < -0.4 is 10.1 Å². The van der Waals surface area contributed by atoms with Gasteiger partial charge in [-0.25, -0.2) is 19.6 Å². The average molecular weight is 338 g/mol. The minimum Gasteiger partial charge on any atom is -0.481 e. The van der Waals surface area contributed by atoms with Gasteiger partial charge in [0.25, 0.3) is 5.91 Å². The number of hydrogen-bond acceptors (Lipinski definition) is 6. The zero-order valence-electron chi connectivity index (χ0n) is 14.2. The molecule has 0 fully saturated rings. The van der Waals surface area contributed by atoms with Crippen molar-refractivity contribution in [2.75, 3.05) is 5.32 Å². The Labute approximate surface area is 144 Å². The SMILES string of the molecule is Cc1cccc(O[C@@H](C)C(=O)Nc2cc(-n3cncn3)ncn2)c1C. The number of ether oxygens (including phenoxy) is 1. The van der Waals surface area contributed by atoms with Crippen molar-refractivity contribution >= 4 is 11.7 Å². The van der Waals surface area contributed by atoms with E-state index >= 15 is 0 Å². The number of benzene rings is 1. The third-order valence-corrected chi connectivity index (χ3v) is 3.79. The Hall–Kier alpha value is -3.29. The summed E-state index contributed by atoms with van der Waals surface area (Å²) in [5.74, 6) is 1.26. The summed E-state index contributed by atoms with van der Waals surface area (Å²) < 4.78 is 7.26. The van der Waals surface area contributed by atoms with E-state index in [-0.39, 0.29) is 5.91 Å². The van der Waals surface area contributed by atoms with Crippen molar-refractivity contribution in [1.82, 2.24) is 24.7 Å². The number of carbonyl (C=O) groups is 1. The first kappa shape index (κ1) is 16.6. The molecule has 3 aromatic rings. The molecule has 2 aromatic heterocycles.